The molecular formula is C22H28N2O4S. The number of methoxy groups -OCH3 is 1. The van der Waals surface area contributed by atoms with E-state index in [0.717, 1.165) is 29.0 Å². The molecule has 1 aliphatic rings. The number of anilines is 1. The van der Waals surface area contributed by atoms with Crippen molar-refractivity contribution in [3.63, 3.8) is 0 Å². The number of carbonyl (C=O) groups is 1. The Morgan fingerprint density at radius 2 is 1.72 bits per heavy atom. The van der Waals surface area contributed by atoms with Gasteiger partial charge in [0.05, 0.1) is 25.1 Å². The van der Waals surface area contributed by atoms with Crippen molar-refractivity contribution in [2.24, 2.45) is 0 Å². The third-order valence-corrected chi connectivity index (χ3v) is 6.64. The highest BCUT2D eigenvalue weighted by Crippen LogP contribution is 2.27. The summed E-state index contributed by atoms with van der Waals surface area (Å²) in [7, 11) is -2.12. The van der Waals surface area contributed by atoms with Gasteiger partial charge in [0.15, 0.2) is 0 Å². The summed E-state index contributed by atoms with van der Waals surface area (Å²) in [5, 5.41) is 2.96. The van der Waals surface area contributed by atoms with Gasteiger partial charge in [-0.15, -0.1) is 0 Å². The summed E-state index contributed by atoms with van der Waals surface area (Å²) in [6, 6.07) is 11.8. The Morgan fingerprint density at radius 1 is 1.07 bits per heavy atom. The number of amides is 1. The standard InChI is InChI=1S/C22H28N2O4S/c1-15(18-9-8-17-6-5-7-19(17)14-18)23-22(25)16(2)24(29(4,26)27)20-10-12-21(28-3)13-11-20/h8-16H,5-7H2,1-4H3,(H,23,25)/t15-,16+/m0/s1. The predicted molar refractivity (Wildman–Crippen MR) is 115 cm³/mol. The molecule has 1 aliphatic carbocycles. The SMILES string of the molecule is COc1ccc(N([C@H](C)C(=O)N[C@@H](C)c2ccc3c(c2)CCC3)S(C)(=O)=O)cc1. The lowest BCUT2D eigenvalue weighted by molar-refractivity contribution is -0.122. The molecule has 3 rings (SSSR count). The van der Waals surface area contributed by atoms with Crippen LogP contribution in [0.15, 0.2) is 42.5 Å². The summed E-state index contributed by atoms with van der Waals surface area (Å²) in [5.41, 5.74) is 4.17. The van der Waals surface area contributed by atoms with Crippen molar-refractivity contribution < 1.29 is 17.9 Å². The molecular weight excluding hydrogens is 388 g/mol. The summed E-state index contributed by atoms with van der Waals surface area (Å²) >= 11 is 0. The van der Waals surface area contributed by atoms with Crippen LogP contribution in [0.25, 0.3) is 0 Å². The third kappa shape index (κ3) is 4.72. The van der Waals surface area contributed by atoms with Gasteiger partial charge < -0.3 is 10.1 Å². The molecule has 0 heterocycles. The molecule has 7 heteroatoms. The average Bonchev–Trinajstić information content (AvgIpc) is 3.15. The number of fused-ring (bicyclic) bond motifs is 1. The van der Waals surface area contributed by atoms with Gasteiger partial charge in [-0.25, -0.2) is 8.42 Å². The van der Waals surface area contributed by atoms with Gasteiger partial charge in [-0.3, -0.25) is 9.10 Å². The number of rotatable bonds is 7. The zero-order chi connectivity index (χ0) is 21.2. The molecule has 0 saturated carbocycles. The van der Waals surface area contributed by atoms with Crippen LogP contribution in [-0.4, -0.2) is 33.7 Å². The topological polar surface area (TPSA) is 75.7 Å². The summed E-state index contributed by atoms with van der Waals surface area (Å²) in [4.78, 5) is 12.9. The second-order valence-electron chi connectivity index (χ2n) is 7.54. The number of hydrogen-bond donors (Lipinski definition) is 1. The maximum Gasteiger partial charge on any atom is 0.244 e. The van der Waals surface area contributed by atoms with E-state index < -0.39 is 16.1 Å². The molecule has 156 valence electrons. The van der Waals surface area contributed by atoms with Crippen LogP contribution in [0, 0.1) is 0 Å². The predicted octanol–water partition coefficient (Wildman–Crippen LogP) is 3.22. The first-order valence-electron chi connectivity index (χ1n) is 9.76. The number of benzene rings is 2. The summed E-state index contributed by atoms with van der Waals surface area (Å²) in [6.07, 6.45) is 4.45. The summed E-state index contributed by atoms with van der Waals surface area (Å²) in [6.45, 7) is 3.51. The van der Waals surface area contributed by atoms with Crippen LogP contribution in [0.1, 0.15) is 43.0 Å². The fourth-order valence-corrected chi connectivity index (χ4v) is 4.99. The Morgan fingerprint density at radius 3 is 2.34 bits per heavy atom. The quantitative estimate of drug-likeness (QED) is 0.752. The molecule has 29 heavy (non-hydrogen) atoms. The van der Waals surface area contributed by atoms with Crippen LogP contribution >= 0.6 is 0 Å². The Hall–Kier alpha value is -2.54. The highest BCUT2D eigenvalue weighted by atomic mass is 32.2. The van der Waals surface area contributed by atoms with E-state index in [1.54, 1.807) is 38.3 Å². The van der Waals surface area contributed by atoms with Gasteiger partial charge in [0, 0.05) is 0 Å². The zero-order valence-corrected chi connectivity index (χ0v) is 18.1. The van der Waals surface area contributed by atoms with Crippen molar-refractivity contribution >= 4 is 21.6 Å². The molecule has 0 aliphatic heterocycles. The Labute approximate surface area is 172 Å². The minimum absolute atomic E-state index is 0.215. The molecule has 6 nitrogen and oxygen atoms in total. The normalized spacial score (nSPS) is 15.3. The largest absolute Gasteiger partial charge is 0.497 e. The molecule has 0 bridgehead atoms. The van der Waals surface area contributed by atoms with Crippen molar-refractivity contribution in [3.05, 3.63) is 59.2 Å². The lowest BCUT2D eigenvalue weighted by Crippen LogP contribution is -2.48. The van der Waals surface area contributed by atoms with E-state index in [9.17, 15) is 13.2 Å². The molecule has 0 aromatic heterocycles. The first kappa shape index (κ1) is 21.2. The molecule has 0 spiro atoms. The molecule has 0 radical (unpaired) electrons. The Bertz CT molecular complexity index is 986. The highest BCUT2D eigenvalue weighted by molar-refractivity contribution is 7.92. The fraction of sp³-hybridized carbons (Fsp3) is 0.409. The van der Waals surface area contributed by atoms with Gasteiger partial charge in [0.2, 0.25) is 15.9 Å². The van der Waals surface area contributed by atoms with Gasteiger partial charge >= 0.3 is 0 Å². The Kier molecular flexibility index (Phi) is 6.17. The van der Waals surface area contributed by atoms with E-state index in [4.69, 9.17) is 4.74 Å². The molecule has 2 aromatic carbocycles. The highest BCUT2D eigenvalue weighted by Gasteiger charge is 2.30. The van der Waals surface area contributed by atoms with Crippen molar-refractivity contribution in [2.75, 3.05) is 17.7 Å². The second kappa shape index (κ2) is 8.45. The number of sulfonamides is 1. The fourth-order valence-electron chi connectivity index (χ4n) is 3.82. The molecule has 1 amide bonds. The number of aryl methyl sites for hydroxylation is 2. The maximum absolute atomic E-state index is 12.9. The van der Waals surface area contributed by atoms with Crippen molar-refractivity contribution in [3.8, 4) is 5.75 Å². The number of nitrogens with zero attached hydrogens (tertiary/aromatic N) is 1. The van der Waals surface area contributed by atoms with Crippen LogP contribution < -0.4 is 14.4 Å². The first-order chi connectivity index (χ1) is 13.7. The zero-order valence-electron chi connectivity index (χ0n) is 17.3. The van der Waals surface area contributed by atoms with Gasteiger partial charge in [0.25, 0.3) is 0 Å². The maximum atomic E-state index is 12.9. The molecule has 1 N–H and O–H groups in total. The van der Waals surface area contributed by atoms with Crippen molar-refractivity contribution in [1.82, 2.24) is 5.32 Å². The number of nitrogens with one attached hydrogen (secondary N) is 1. The molecule has 2 atom stereocenters. The smallest absolute Gasteiger partial charge is 0.244 e. The van der Waals surface area contributed by atoms with Gasteiger partial charge in [0.1, 0.15) is 11.8 Å². The van der Waals surface area contributed by atoms with Crippen LogP contribution in [0.4, 0.5) is 5.69 Å². The second-order valence-corrected chi connectivity index (χ2v) is 9.40. The van der Waals surface area contributed by atoms with E-state index in [-0.39, 0.29) is 11.9 Å². The minimum Gasteiger partial charge on any atom is -0.497 e. The lowest BCUT2D eigenvalue weighted by Gasteiger charge is -2.29. The van der Waals surface area contributed by atoms with E-state index in [1.165, 1.54) is 17.5 Å². The van der Waals surface area contributed by atoms with Crippen molar-refractivity contribution in [2.45, 2.75) is 45.2 Å². The number of ether oxygens (including phenoxy) is 1. The molecule has 2 aromatic rings. The van der Waals surface area contributed by atoms with Crippen LogP contribution in [0.2, 0.25) is 0 Å². The van der Waals surface area contributed by atoms with E-state index >= 15 is 0 Å². The summed E-state index contributed by atoms with van der Waals surface area (Å²) in [5.74, 6) is 0.267. The third-order valence-electron chi connectivity index (χ3n) is 5.40. The Balaban J connectivity index is 1.78. The molecule has 0 fully saturated rings. The van der Waals surface area contributed by atoms with Gasteiger partial charge in [-0.2, -0.15) is 0 Å². The average molecular weight is 417 g/mol. The first-order valence-corrected chi connectivity index (χ1v) is 11.6. The van der Waals surface area contributed by atoms with Crippen molar-refractivity contribution in [1.29, 1.82) is 0 Å². The van der Waals surface area contributed by atoms with E-state index in [0.29, 0.717) is 11.4 Å². The molecule has 0 saturated heterocycles. The number of hydrogen-bond acceptors (Lipinski definition) is 4. The summed E-state index contributed by atoms with van der Waals surface area (Å²) < 4.78 is 31.1. The van der Waals surface area contributed by atoms with Gasteiger partial charge in [-0.1, -0.05) is 18.2 Å². The van der Waals surface area contributed by atoms with Crippen LogP contribution in [-0.2, 0) is 27.7 Å². The monoisotopic (exact) mass is 416 g/mol. The lowest BCUT2D eigenvalue weighted by atomic mass is 10.0. The minimum atomic E-state index is -3.66. The van der Waals surface area contributed by atoms with Crippen LogP contribution in [0.5, 0.6) is 5.75 Å². The van der Waals surface area contributed by atoms with E-state index in [2.05, 4.69) is 17.4 Å². The van der Waals surface area contributed by atoms with Crippen LogP contribution in [0.3, 0.4) is 0 Å². The van der Waals surface area contributed by atoms with Gasteiger partial charge in [-0.05, 0) is 74.1 Å². The number of carbonyl (C=O) groups excluding carboxylic acids is 1. The van der Waals surface area contributed by atoms with E-state index in [1.807, 2.05) is 13.0 Å². The molecule has 0 unspecified atom stereocenters.